The van der Waals surface area contributed by atoms with Gasteiger partial charge in [0.1, 0.15) is 5.75 Å². The van der Waals surface area contributed by atoms with Gasteiger partial charge in [0, 0.05) is 19.2 Å². The number of hydrogen-bond acceptors (Lipinski definition) is 4. The zero-order valence-corrected chi connectivity index (χ0v) is 18.0. The number of hydrogen-bond donors (Lipinski definition) is 1. The summed E-state index contributed by atoms with van der Waals surface area (Å²) in [6.07, 6.45) is -2.20. The second kappa shape index (κ2) is 9.97. The Bertz CT molecular complexity index is 1060. The number of benzene rings is 2. The van der Waals surface area contributed by atoms with Crippen LogP contribution in [0, 0.1) is 0 Å². The van der Waals surface area contributed by atoms with Crippen molar-refractivity contribution in [2.24, 2.45) is 0 Å². The number of amides is 1. The van der Waals surface area contributed by atoms with Crippen LogP contribution in [0.15, 0.2) is 53.4 Å². The Kier molecular flexibility index (Phi) is 7.85. The van der Waals surface area contributed by atoms with E-state index in [1.807, 2.05) is 0 Å². The second-order valence-corrected chi connectivity index (χ2v) is 8.34. The molecule has 0 atom stereocenters. The SMILES string of the molecule is CCN(CC)S(=O)(=O)c1ccc(OC)c(NC(=O)/C=C/c2cccc(C(F)(F)F)c2)c1. The van der Waals surface area contributed by atoms with E-state index in [0.717, 1.165) is 18.2 Å². The number of ether oxygens (including phenoxy) is 1. The Morgan fingerprint density at radius 3 is 2.39 bits per heavy atom. The van der Waals surface area contributed by atoms with Crippen molar-refractivity contribution >= 4 is 27.7 Å². The van der Waals surface area contributed by atoms with E-state index in [2.05, 4.69) is 5.32 Å². The number of methoxy groups -OCH3 is 1. The summed E-state index contributed by atoms with van der Waals surface area (Å²) in [7, 11) is -2.39. The maximum Gasteiger partial charge on any atom is 0.416 e. The fourth-order valence-corrected chi connectivity index (χ4v) is 4.31. The van der Waals surface area contributed by atoms with Crippen LogP contribution in [-0.2, 0) is 21.0 Å². The molecule has 0 saturated carbocycles. The summed E-state index contributed by atoms with van der Waals surface area (Å²) >= 11 is 0. The first-order valence-corrected chi connectivity index (χ1v) is 10.8. The number of nitrogens with one attached hydrogen (secondary N) is 1. The first-order chi connectivity index (χ1) is 14.5. The van der Waals surface area contributed by atoms with E-state index in [1.54, 1.807) is 13.8 Å². The average molecular weight is 456 g/mol. The minimum atomic E-state index is -4.49. The highest BCUT2D eigenvalue weighted by atomic mass is 32.2. The first kappa shape index (κ1) is 24.4. The van der Waals surface area contributed by atoms with Crippen molar-refractivity contribution in [3.05, 3.63) is 59.7 Å². The fourth-order valence-electron chi connectivity index (χ4n) is 2.82. The van der Waals surface area contributed by atoms with Crippen molar-refractivity contribution in [1.82, 2.24) is 4.31 Å². The third kappa shape index (κ3) is 6.08. The molecule has 0 aliphatic rings. The van der Waals surface area contributed by atoms with Crippen LogP contribution in [0.4, 0.5) is 18.9 Å². The lowest BCUT2D eigenvalue weighted by molar-refractivity contribution is -0.137. The third-order valence-electron chi connectivity index (χ3n) is 4.41. The van der Waals surface area contributed by atoms with Crippen molar-refractivity contribution in [2.75, 3.05) is 25.5 Å². The Hall–Kier alpha value is -2.85. The Morgan fingerprint density at radius 2 is 1.81 bits per heavy atom. The van der Waals surface area contributed by atoms with Crippen molar-refractivity contribution in [1.29, 1.82) is 0 Å². The van der Waals surface area contributed by atoms with Crippen molar-refractivity contribution in [2.45, 2.75) is 24.9 Å². The Balaban J connectivity index is 2.27. The van der Waals surface area contributed by atoms with Crippen LogP contribution in [0.2, 0.25) is 0 Å². The van der Waals surface area contributed by atoms with E-state index < -0.39 is 27.7 Å². The minimum Gasteiger partial charge on any atom is -0.495 e. The molecule has 0 aliphatic heterocycles. The largest absolute Gasteiger partial charge is 0.495 e. The number of halogens is 3. The molecule has 1 N–H and O–H groups in total. The quantitative estimate of drug-likeness (QED) is 0.598. The lowest BCUT2D eigenvalue weighted by Gasteiger charge is -2.19. The number of rotatable bonds is 8. The summed E-state index contributed by atoms with van der Waals surface area (Å²) in [5.41, 5.74) is -0.518. The summed E-state index contributed by atoms with van der Waals surface area (Å²) in [6.45, 7) is 4.00. The molecular formula is C21H23F3N2O4S. The molecule has 0 aromatic heterocycles. The number of anilines is 1. The highest BCUT2D eigenvalue weighted by Gasteiger charge is 2.30. The van der Waals surface area contributed by atoms with E-state index in [0.29, 0.717) is 0 Å². The number of carbonyl (C=O) groups is 1. The summed E-state index contributed by atoms with van der Waals surface area (Å²) < 4.78 is 70.3. The molecular weight excluding hydrogens is 433 g/mol. The minimum absolute atomic E-state index is 0.0193. The number of nitrogens with zero attached hydrogens (tertiary/aromatic N) is 1. The molecule has 2 rings (SSSR count). The summed E-state index contributed by atoms with van der Waals surface area (Å²) in [5, 5.41) is 2.51. The molecule has 0 bridgehead atoms. The molecule has 168 valence electrons. The van der Waals surface area contributed by atoms with Crippen LogP contribution < -0.4 is 10.1 Å². The third-order valence-corrected chi connectivity index (χ3v) is 6.46. The van der Waals surface area contributed by atoms with Gasteiger partial charge in [0.25, 0.3) is 0 Å². The highest BCUT2D eigenvalue weighted by molar-refractivity contribution is 7.89. The van der Waals surface area contributed by atoms with E-state index >= 15 is 0 Å². The van der Waals surface area contributed by atoms with Crippen LogP contribution >= 0.6 is 0 Å². The fraction of sp³-hybridized carbons (Fsp3) is 0.286. The van der Waals surface area contributed by atoms with E-state index in [1.165, 1.54) is 47.8 Å². The van der Waals surface area contributed by atoms with Crippen LogP contribution in [0.1, 0.15) is 25.0 Å². The van der Waals surface area contributed by atoms with Crippen LogP contribution in [0.3, 0.4) is 0 Å². The zero-order chi connectivity index (χ0) is 23.2. The number of carbonyl (C=O) groups excluding carboxylic acids is 1. The van der Waals surface area contributed by atoms with Gasteiger partial charge in [-0.2, -0.15) is 17.5 Å². The van der Waals surface area contributed by atoms with Gasteiger partial charge in [0.15, 0.2) is 0 Å². The highest BCUT2D eigenvalue weighted by Crippen LogP contribution is 2.30. The molecule has 2 aromatic carbocycles. The van der Waals surface area contributed by atoms with E-state index in [9.17, 15) is 26.4 Å². The summed E-state index contributed by atoms with van der Waals surface area (Å²) in [4.78, 5) is 12.3. The van der Waals surface area contributed by atoms with Crippen LogP contribution in [-0.4, -0.2) is 38.8 Å². The van der Waals surface area contributed by atoms with Crippen LogP contribution in [0.25, 0.3) is 6.08 Å². The molecule has 0 aliphatic carbocycles. The van der Waals surface area contributed by atoms with Gasteiger partial charge < -0.3 is 10.1 Å². The smallest absolute Gasteiger partial charge is 0.416 e. The Morgan fingerprint density at radius 1 is 1.13 bits per heavy atom. The molecule has 0 fully saturated rings. The van der Waals surface area contributed by atoms with Gasteiger partial charge in [-0.1, -0.05) is 26.0 Å². The van der Waals surface area contributed by atoms with Gasteiger partial charge in [0.2, 0.25) is 15.9 Å². The van der Waals surface area contributed by atoms with E-state index in [4.69, 9.17) is 4.74 Å². The molecule has 0 spiro atoms. The standard InChI is InChI=1S/C21H23F3N2O4S/c1-4-26(5-2)31(28,29)17-10-11-19(30-3)18(14-17)25-20(27)12-9-15-7-6-8-16(13-15)21(22,23)24/h6-14H,4-5H2,1-3H3,(H,25,27)/b12-9+. The molecule has 2 aromatic rings. The lowest BCUT2D eigenvalue weighted by atomic mass is 10.1. The van der Waals surface area contributed by atoms with Crippen molar-refractivity contribution in [3.63, 3.8) is 0 Å². The van der Waals surface area contributed by atoms with Crippen molar-refractivity contribution < 1.29 is 31.1 Å². The molecule has 0 radical (unpaired) electrons. The van der Waals surface area contributed by atoms with Gasteiger partial charge in [0.05, 0.1) is 23.3 Å². The summed E-state index contributed by atoms with van der Waals surface area (Å²) in [5.74, 6) is -0.424. The van der Waals surface area contributed by atoms with Gasteiger partial charge in [-0.15, -0.1) is 0 Å². The van der Waals surface area contributed by atoms with Crippen LogP contribution in [0.5, 0.6) is 5.75 Å². The first-order valence-electron chi connectivity index (χ1n) is 9.37. The summed E-state index contributed by atoms with van der Waals surface area (Å²) in [6, 6.07) is 8.60. The number of sulfonamides is 1. The molecule has 10 heteroatoms. The second-order valence-electron chi connectivity index (χ2n) is 6.40. The van der Waals surface area contributed by atoms with Gasteiger partial charge in [-0.25, -0.2) is 8.42 Å². The Labute approximate surface area is 179 Å². The normalized spacial score (nSPS) is 12.4. The predicted molar refractivity (Wildman–Crippen MR) is 112 cm³/mol. The van der Waals surface area contributed by atoms with Gasteiger partial charge in [-0.05, 0) is 42.0 Å². The van der Waals surface area contributed by atoms with E-state index in [-0.39, 0.29) is 35.0 Å². The monoisotopic (exact) mass is 456 g/mol. The molecule has 31 heavy (non-hydrogen) atoms. The lowest BCUT2D eigenvalue weighted by Crippen LogP contribution is -2.30. The molecule has 0 saturated heterocycles. The topological polar surface area (TPSA) is 75.7 Å². The average Bonchev–Trinajstić information content (AvgIpc) is 2.72. The molecule has 0 unspecified atom stereocenters. The zero-order valence-electron chi connectivity index (χ0n) is 17.2. The maximum atomic E-state index is 12.8. The predicted octanol–water partition coefficient (Wildman–Crippen LogP) is 4.40. The van der Waals surface area contributed by atoms with Gasteiger partial charge in [-0.3, -0.25) is 4.79 Å². The maximum absolute atomic E-state index is 12.8. The van der Waals surface area contributed by atoms with Gasteiger partial charge >= 0.3 is 6.18 Å². The molecule has 1 amide bonds. The molecule has 0 heterocycles. The number of alkyl halides is 3. The molecule has 6 nitrogen and oxygen atoms in total. The van der Waals surface area contributed by atoms with Crippen molar-refractivity contribution in [3.8, 4) is 5.75 Å².